The summed E-state index contributed by atoms with van der Waals surface area (Å²) in [6.07, 6.45) is 3.93. The van der Waals surface area contributed by atoms with Crippen molar-refractivity contribution < 1.29 is 4.74 Å². The smallest absolute Gasteiger partial charge is 0.170 e. The molecule has 1 saturated heterocycles. The van der Waals surface area contributed by atoms with E-state index in [-0.39, 0.29) is 12.1 Å². The summed E-state index contributed by atoms with van der Waals surface area (Å²) in [6, 6.07) is 18.8. The molecule has 1 aliphatic rings. The van der Waals surface area contributed by atoms with Gasteiger partial charge in [0, 0.05) is 57.2 Å². The topological polar surface area (TPSA) is 45.6 Å². The van der Waals surface area contributed by atoms with Crippen molar-refractivity contribution in [3.8, 4) is 5.69 Å². The van der Waals surface area contributed by atoms with Crippen LogP contribution >= 0.6 is 12.2 Å². The Bertz CT molecular complexity index is 986. The van der Waals surface area contributed by atoms with E-state index in [0.29, 0.717) is 13.2 Å². The number of ether oxygens (including phenoxy) is 1. The number of anilines is 1. The number of nitrogens with one attached hydrogen (secondary N) is 1. The van der Waals surface area contributed by atoms with Crippen molar-refractivity contribution >= 4 is 23.0 Å². The van der Waals surface area contributed by atoms with Gasteiger partial charge in [0.1, 0.15) is 0 Å². The van der Waals surface area contributed by atoms with E-state index in [2.05, 4.69) is 67.3 Å². The number of methoxy groups -OCH3 is 1. The molecule has 0 aliphatic carbocycles. The molecule has 0 unspecified atom stereocenters. The van der Waals surface area contributed by atoms with Crippen molar-refractivity contribution in [2.75, 3.05) is 39.3 Å². The van der Waals surface area contributed by atoms with Gasteiger partial charge >= 0.3 is 0 Å². The number of hydrogen-bond donors (Lipinski definition) is 1. The van der Waals surface area contributed by atoms with Gasteiger partial charge in [-0.05, 0) is 60.7 Å². The van der Waals surface area contributed by atoms with Crippen LogP contribution in [0.4, 0.5) is 5.69 Å². The fourth-order valence-electron chi connectivity index (χ4n) is 3.94. The molecule has 0 spiro atoms. The van der Waals surface area contributed by atoms with Crippen molar-refractivity contribution in [1.29, 1.82) is 0 Å². The standard InChI is InChI=1S/C23H27N5OS/c1-26(2)17-9-11-18(12-10-17)27-14-6-8-20(27)22-21(19-7-4-5-13-24-19)25-23(30)28(22)15-16-29-3/h4-14,21-22H,15-16H2,1-3H3,(H,25,30)/t21-,22-/m1/s1. The second-order valence-electron chi connectivity index (χ2n) is 7.53. The third-order valence-corrected chi connectivity index (χ3v) is 5.81. The monoisotopic (exact) mass is 421 g/mol. The van der Waals surface area contributed by atoms with Crippen LogP contribution in [0.5, 0.6) is 0 Å². The van der Waals surface area contributed by atoms with Gasteiger partial charge in [0.25, 0.3) is 0 Å². The zero-order chi connectivity index (χ0) is 21.1. The second kappa shape index (κ2) is 8.85. The molecule has 3 heterocycles. The molecule has 2 aromatic heterocycles. The minimum atomic E-state index is -0.0368. The highest BCUT2D eigenvalue weighted by Crippen LogP contribution is 2.39. The number of aromatic nitrogens is 2. The molecule has 0 amide bonds. The predicted octanol–water partition coefficient (Wildman–Crippen LogP) is 3.56. The minimum Gasteiger partial charge on any atom is -0.383 e. The highest BCUT2D eigenvalue weighted by atomic mass is 32.1. The second-order valence-corrected chi connectivity index (χ2v) is 7.91. The average Bonchev–Trinajstić information content (AvgIpc) is 3.37. The van der Waals surface area contributed by atoms with E-state index in [4.69, 9.17) is 17.0 Å². The van der Waals surface area contributed by atoms with E-state index in [1.807, 2.05) is 38.5 Å². The number of thiocarbonyl (C=S) groups is 1. The highest BCUT2D eigenvalue weighted by molar-refractivity contribution is 7.80. The molecule has 30 heavy (non-hydrogen) atoms. The van der Waals surface area contributed by atoms with Crippen LogP contribution in [-0.4, -0.2) is 53.9 Å². The summed E-state index contributed by atoms with van der Waals surface area (Å²) in [4.78, 5) is 8.92. The SMILES string of the molecule is COCCN1C(=S)N[C@H](c2ccccn2)[C@H]1c1cccn1-c1ccc(N(C)C)cc1. The first-order valence-corrected chi connectivity index (χ1v) is 10.4. The Balaban J connectivity index is 1.75. The number of pyridine rings is 1. The van der Waals surface area contributed by atoms with Gasteiger partial charge in [-0.3, -0.25) is 4.98 Å². The van der Waals surface area contributed by atoms with Crippen LogP contribution in [0.15, 0.2) is 67.0 Å². The molecule has 0 saturated carbocycles. The van der Waals surface area contributed by atoms with Crippen molar-refractivity contribution in [2.45, 2.75) is 12.1 Å². The molecular formula is C23H27N5OS. The molecule has 2 atom stereocenters. The summed E-state index contributed by atoms with van der Waals surface area (Å²) in [6.45, 7) is 1.31. The number of rotatable bonds is 7. The van der Waals surface area contributed by atoms with Gasteiger partial charge in [-0.15, -0.1) is 0 Å². The third kappa shape index (κ3) is 3.91. The Labute approximate surface area is 183 Å². The summed E-state index contributed by atoms with van der Waals surface area (Å²) in [5.74, 6) is 0. The molecule has 6 nitrogen and oxygen atoms in total. The summed E-state index contributed by atoms with van der Waals surface area (Å²) in [5.41, 5.74) is 4.42. The molecule has 1 N–H and O–H groups in total. The zero-order valence-corrected chi connectivity index (χ0v) is 18.3. The lowest BCUT2D eigenvalue weighted by Gasteiger charge is -2.28. The van der Waals surface area contributed by atoms with Crippen molar-refractivity contribution in [1.82, 2.24) is 19.8 Å². The first-order valence-electron chi connectivity index (χ1n) is 10.0. The van der Waals surface area contributed by atoms with Crippen LogP contribution in [0.25, 0.3) is 5.69 Å². The molecule has 156 valence electrons. The Morgan fingerprint density at radius 1 is 1.10 bits per heavy atom. The fourth-order valence-corrected chi connectivity index (χ4v) is 4.27. The van der Waals surface area contributed by atoms with Crippen LogP contribution in [0.1, 0.15) is 23.5 Å². The van der Waals surface area contributed by atoms with E-state index in [0.717, 1.165) is 22.2 Å². The minimum absolute atomic E-state index is 0.00563. The van der Waals surface area contributed by atoms with Crippen LogP contribution in [0.3, 0.4) is 0 Å². The summed E-state index contributed by atoms with van der Waals surface area (Å²) < 4.78 is 7.58. The molecule has 1 fully saturated rings. The molecular weight excluding hydrogens is 394 g/mol. The number of hydrogen-bond acceptors (Lipinski definition) is 4. The quantitative estimate of drug-likeness (QED) is 0.589. The molecule has 7 heteroatoms. The highest BCUT2D eigenvalue weighted by Gasteiger charge is 2.41. The van der Waals surface area contributed by atoms with Crippen LogP contribution in [-0.2, 0) is 4.74 Å². The molecule has 1 aliphatic heterocycles. The lowest BCUT2D eigenvalue weighted by Crippen LogP contribution is -2.33. The van der Waals surface area contributed by atoms with Crippen LogP contribution in [0.2, 0.25) is 0 Å². The van der Waals surface area contributed by atoms with Gasteiger partial charge in [-0.25, -0.2) is 0 Å². The van der Waals surface area contributed by atoms with E-state index in [1.165, 1.54) is 5.69 Å². The zero-order valence-electron chi connectivity index (χ0n) is 17.5. The molecule has 0 bridgehead atoms. The molecule has 0 radical (unpaired) electrons. The van der Waals surface area contributed by atoms with E-state index in [1.54, 1.807) is 7.11 Å². The Hall–Kier alpha value is -2.90. The first-order chi connectivity index (χ1) is 14.6. The summed E-state index contributed by atoms with van der Waals surface area (Å²) in [5, 5.41) is 4.21. The molecule has 1 aromatic carbocycles. The molecule has 4 rings (SSSR count). The van der Waals surface area contributed by atoms with Crippen molar-refractivity contribution in [2.24, 2.45) is 0 Å². The lowest BCUT2D eigenvalue weighted by molar-refractivity contribution is 0.163. The lowest BCUT2D eigenvalue weighted by atomic mass is 10.0. The van der Waals surface area contributed by atoms with Gasteiger partial charge < -0.3 is 24.4 Å². The van der Waals surface area contributed by atoms with Gasteiger partial charge in [-0.2, -0.15) is 0 Å². The Morgan fingerprint density at radius 2 is 1.90 bits per heavy atom. The first kappa shape index (κ1) is 20.4. The Kier molecular flexibility index (Phi) is 6.01. The largest absolute Gasteiger partial charge is 0.383 e. The number of nitrogens with zero attached hydrogens (tertiary/aromatic N) is 4. The normalized spacial score (nSPS) is 18.5. The van der Waals surface area contributed by atoms with Gasteiger partial charge in [0.2, 0.25) is 0 Å². The van der Waals surface area contributed by atoms with Crippen LogP contribution in [0, 0.1) is 0 Å². The summed E-state index contributed by atoms with van der Waals surface area (Å²) in [7, 11) is 5.81. The van der Waals surface area contributed by atoms with Gasteiger partial charge in [0.05, 0.1) is 24.4 Å². The maximum absolute atomic E-state index is 5.70. The van der Waals surface area contributed by atoms with Gasteiger partial charge in [-0.1, -0.05) is 6.07 Å². The third-order valence-electron chi connectivity index (χ3n) is 5.46. The average molecular weight is 422 g/mol. The predicted molar refractivity (Wildman–Crippen MR) is 124 cm³/mol. The van der Waals surface area contributed by atoms with E-state index < -0.39 is 0 Å². The summed E-state index contributed by atoms with van der Waals surface area (Å²) >= 11 is 5.70. The maximum atomic E-state index is 5.70. The van der Waals surface area contributed by atoms with Crippen molar-refractivity contribution in [3.05, 3.63) is 78.4 Å². The molecule has 3 aromatic rings. The fraction of sp³-hybridized carbons (Fsp3) is 0.304. The van der Waals surface area contributed by atoms with E-state index in [9.17, 15) is 0 Å². The van der Waals surface area contributed by atoms with E-state index >= 15 is 0 Å². The van der Waals surface area contributed by atoms with Crippen molar-refractivity contribution in [3.63, 3.8) is 0 Å². The maximum Gasteiger partial charge on any atom is 0.170 e. The van der Waals surface area contributed by atoms with Crippen LogP contribution < -0.4 is 10.2 Å². The number of benzene rings is 1. The Morgan fingerprint density at radius 3 is 2.57 bits per heavy atom. The van der Waals surface area contributed by atoms with Gasteiger partial charge in [0.15, 0.2) is 5.11 Å².